The summed E-state index contributed by atoms with van der Waals surface area (Å²) in [5.74, 6) is -0.141. The molecule has 0 aromatic heterocycles. The molecule has 0 saturated heterocycles. The zero-order valence-corrected chi connectivity index (χ0v) is 11.5. The predicted octanol–water partition coefficient (Wildman–Crippen LogP) is 1.98. The van der Waals surface area contributed by atoms with E-state index in [1.54, 1.807) is 38.1 Å². The summed E-state index contributed by atoms with van der Waals surface area (Å²) in [6, 6.07) is 6.64. The molecule has 0 amide bonds. The predicted molar refractivity (Wildman–Crippen MR) is 69.1 cm³/mol. The monoisotopic (exact) mass is 270 g/mol. The molecule has 0 atom stereocenters. The smallest absolute Gasteiger partial charge is 0.306 e. The second kappa shape index (κ2) is 6.54. The van der Waals surface area contributed by atoms with Crippen molar-refractivity contribution in [1.29, 1.82) is 0 Å². The van der Waals surface area contributed by atoms with Crippen molar-refractivity contribution in [1.82, 2.24) is 0 Å². The zero-order valence-electron chi connectivity index (χ0n) is 10.7. The van der Waals surface area contributed by atoms with E-state index in [-0.39, 0.29) is 11.7 Å². The van der Waals surface area contributed by atoms with E-state index in [2.05, 4.69) is 0 Å². The molecule has 0 aliphatic carbocycles. The maximum absolute atomic E-state index is 11.6. The summed E-state index contributed by atoms with van der Waals surface area (Å²) in [6.45, 7) is 3.76. The number of aryl methyl sites for hydroxylation is 1. The van der Waals surface area contributed by atoms with Gasteiger partial charge < -0.3 is 4.74 Å². The second-order valence-corrected chi connectivity index (χ2v) is 6.13. The molecule has 100 valence electrons. The number of hydrogen-bond donors (Lipinski definition) is 0. The molecular formula is C13H18O4S. The van der Waals surface area contributed by atoms with Crippen LogP contribution in [0.1, 0.15) is 25.8 Å². The molecule has 0 heterocycles. The molecule has 0 unspecified atom stereocenters. The first kappa shape index (κ1) is 14.7. The minimum atomic E-state index is -3.15. The van der Waals surface area contributed by atoms with Gasteiger partial charge in [-0.05, 0) is 31.0 Å². The molecule has 0 radical (unpaired) electrons. The average molecular weight is 270 g/mol. The van der Waals surface area contributed by atoms with Crippen LogP contribution in [0.15, 0.2) is 29.2 Å². The molecule has 0 saturated carbocycles. The number of carbonyl (C=O) groups excluding carboxylic acids is 1. The van der Waals surface area contributed by atoms with Crippen molar-refractivity contribution in [3.8, 4) is 0 Å². The number of carbonyl (C=O) groups is 1. The average Bonchev–Trinajstić information content (AvgIpc) is 2.37. The Morgan fingerprint density at radius 2 is 1.78 bits per heavy atom. The van der Waals surface area contributed by atoms with E-state index in [1.165, 1.54) is 0 Å². The van der Waals surface area contributed by atoms with Gasteiger partial charge in [-0.2, -0.15) is 0 Å². The standard InChI is InChI=1S/C13H18O4S/c1-3-17-13(14)10-7-11-5-8-12(9-6-11)18(15,16)4-2/h5-6,8-9H,3-4,7,10H2,1-2H3. The number of ether oxygens (including phenoxy) is 1. The van der Waals surface area contributed by atoms with Crippen LogP contribution < -0.4 is 0 Å². The van der Waals surface area contributed by atoms with Gasteiger partial charge in [0.15, 0.2) is 9.84 Å². The Kier molecular flexibility index (Phi) is 5.34. The van der Waals surface area contributed by atoms with E-state index in [0.717, 1.165) is 5.56 Å². The molecule has 0 aliphatic heterocycles. The number of hydrogen-bond acceptors (Lipinski definition) is 4. The third-order valence-electron chi connectivity index (χ3n) is 2.59. The summed E-state index contributed by atoms with van der Waals surface area (Å²) in [6.07, 6.45) is 0.874. The quantitative estimate of drug-likeness (QED) is 0.742. The van der Waals surface area contributed by atoms with Crippen molar-refractivity contribution in [2.24, 2.45) is 0 Å². The Morgan fingerprint density at radius 1 is 1.17 bits per heavy atom. The van der Waals surface area contributed by atoms with Gasteiger partial charge in [0.25, 0.3) is 0 Å². The van der Waals surface area contributed by atoms with Crippen molar-refractivity contribution in [2.45, 2.75) is 31.6 Å². The largest absolute Gasteiger partial charge is 0.466 e. The minimum Gasteiger partial charge on any atom is -0.466 e. The van der Waals surface area contributed by atoms with E-state index >= 15 is 0 Å². The van der Waals surface area contributed by atoms with Crippen molar-refractivity contribution < 1.29 is 17.9 Å². The molecular weight excluding hydrogens is 252 g/mol. The van der Waals surface area contributed by atoms with Gasteiger partial charge in [0.1, 0.15) is 0 Å². The Bertz CT molecular complexity index is 488. The van der Waals surface area contributed by atoms with Crippen LogP contribution in [-0.4, -0.2) is 26.7 Å². The van der Waals surface area contributed by atoms with Crippen molar-refractivity contribution in [3.05, 3.63) is 29.8 Å². The molecule has 1 rings (SSSR count). The molecule has 0 N–H and O–H groups in total. The first-order valence-electron chi connectivity index (χ1n) is 5.97. The lowest BCUT2D eigenvalue weighted by molar-refractivity contribution is -0.143. The van der Waals surface area contributed by atoms with Crippen LogP contribution in [0.5, 0.6) is 0 Å². The highest BCUT2D eigenvalue weighted by Crippen LogP contribution is 2.13. The fourth-order valence-electron chi connectivity index (χ4n) is 1.51. The van der Waals surface area contributed by atoms with Gasteiger partial charge in [-0.15, -0.1) is 0 Å². The maximum Gasteiger partial charge on any atom is 0.306 e. The number of benzene rings is 1. The third kappa shape index (κ3) is 4.14. The highest BCUT2D eigenvalue weighted by Gasteiger charge is 2.11. The van der Waals surface area contributed by atoms with Crippen LogP contribution >= 0.6 is 0 Å². The van der Waals surface area contributed by atoms with Gasteiger partial charge in [-0.25, -0.2) is 8.42 Å². The molecule has 1 aromatic rings. The fourth-order valence-corrected chi connectivity index (χ4v) is 2.39. The Balaban J connectivity index is 2.64. The van der Waals surface area contributed by atoms with E-state index in [0.29, 0.717) is 24.3 Å². The Morgan fingerprint density at radius 3 is 2.28 bits per heavy atom. The lowest BCUT2D eigenvalue weighted by Crippen LogP contribution is -2.06. The van der Waals surface area contributed by atoms with Crippen LogP contribution in [0.4, 0.5) is 0 Å². The minimum absolute atomic E-state index is 0.0924. The summed E-state index contributed by atoms with van der Waals surface area (Å²) in [5.41, 5.74) is 0.929. The summed E-state index contributed by atoms with van der Waals surface area (Å²) < 4.78 is 28.0. The van der Waals surface area contributed by atoms with Gasteiger partial charge in [-0.3, -0.25) is 4.79 Å². The number of rotatable bonds is 6. The van der Waals surface area contributed by atoms with Gasteiger partial charge in [0, 0.05) is 6.42 Å². The molecule has 0 bridgehead atoms. The van der Waals surface area contributed by atoms with E-state index in [9.17, 15) is 13.2 Å². The molecule has 18 heavy (non-hydrogen) atoms. The van der Waals surface area contributed by atoms with Crippen LogP contribution in [-0.2, 0) is 25.8 Å². The summed E-state index contributed by atoms with van der Waals surface area (Å²) in [5, 5.41) is 0. The third-order valence-corrected chi connectivity index (χ3v) is 4.34. The molecule has 0 fully saturated rings. The summed E-state index contributed by atoms with van der Waals surface area (Å²) >= 11 is 0. The number of esters is 1. The Labute approximate surface area is 108 Å². The first-order chi connectivity index (χ1) is 8.49. The molecule has 5 heteroatoms. The lowest BCUT2D eigenvalue weighted by Gasteiger charge is -2.04. The van der Waals surface area contributed by atoms with Crippen LogP contribution in [0.25, 0.3) is 0 Å². The van der Waals surface area contributed by atoms with Gasteiger partial charge >= 0.3 is 5.97 Å². The van der Waals surface area contributed by atoms with Gasteiger partial charge in [0.05, 0.1) is 17.3 Å². The van der Waals surface area contributed by atoms with Gasteiger partial charge in [-0.1, -0.05) is 19.1 Å². The van der Waals surface area contributed by atoms with Crippen molar-refractivity contribution in [2.75, 3.05) is 12.4 Å². The SMILES string of the molecule is CCOC(=O)CCc1ccc(S(=O)(=O)CC)cc1. The molecule has 4 nitrogen and oxygen atoms in total. The van der Waals surface area contributed by atoms with Crippen LogP contribution in [0.2, 0.25) is 0 Å². The van der Waals surface area contributed by atoms with E-state index < -0.39 is 9.84 Å². The fraction of sp³-hybridized carbons (Fsp3) is 0.462. The van der Waals surface area contributed by atoms with Crippen molar-refractivity contribution >= 4 is 15.8 Å². The van der Waals surface area contributed by atoms with E-state index in [4.69, 9.17) is 4.74 Å². The van der Waals surface area contributed by atoms with Crippen molar-refractivity contribution in [3.63, 3.8) is 0 Å². The maximum atomic E-state index is 11.6. The summed E-state index contributed by atoms with van der Waals surface area (Å²) in [4.78, 5) is 11.5. The van der Waals surface area contributed by atoms with E-state index in [1.807, 2.05) is 0 Å². The summed E-state index contributed by atoms with van der Waals surface area (Å²) in [7, 11) is -3.15. The molecule has 1 aromatic carbocycles. The molecule has 0 aliphatic rings. The zero-order chi connectivity index (χ0) is 13.6. The van der Waals surface area contributed by atoms with Gasteiger partial charge in [0.2, 0.25) is 0 Å². The normalized spacial score (nSPS) is 11.2. The Hall–Kier alpha value is -1.36. The second-order valence-electron chi connectivity index (χ2n) is 3.85. The highest BCUT2D eigenvalue weighted by atomic mass is 32.2. The lowest BCUT2D eigenvalue weighted by atomic mass is 10.1. The highest BCUT2D eigenvalue weighted by molar-refractivity contribution is 7.91. The van der Waals surface area contributed by atoms with Crippen LogP contribution in [0, 0.1) is 0 Å². The molecule has 0 spiro atoms. The topological polar surface area (TPSA) is 60.4 Å². The van der Waals surface area contributed by atoms with Crippen LogP contribution in [0.3, 0.4) is 0 Å². The number of sulfone groups is 1. The first-order valence-corrected chi connectivity index (χ1v) is 7.62.